The van der Waals surface area contributed by atoms with Crippen LogP contribution in [-0.2, 0) is 11.2 Å². The fourth-order valence-electron chi connectivity index (χ4n) is 3.85. The number of hydrogen-bond acceptors (Lipinski definition) is 3. The number of rotatable bonds is 4. The minimum atomic E-state index is -0.124. The number of anilines is 1. The molecule has 32 heavy (non-hydrogen) atoms. The SMILES string of the molecule is O=C(Cc1ccccc1)Nc1ccc2ccc3ncc(-c4ccccc4)cc3c(=O)c2c1. The normalized spacial score (nSPS) is 10.9. The number of nitrogens with zero attached hydrogens (tertiary/aromatic N) is 1. The molecule has 0 bridgehead atoms. The first-order chi connectivity index (χ1) is 15.7. The highest BCUT2D eigenvalue weighted by Gasteiger charge is 2.09. The quantitative estimate of drug-likeness (QED) is 0.415. The Bertz CT molecular complexity index is 1500. The van der Waals surface area contributed by atoms with Crippen LogP contribution in [0.5, 0.6) is 0 Å². The van der Waals surface area contributed by atoms with E-state index in [1.54, 1.807) is 12.3 Å². The van der Waals surface area contributed by atoms with E-state index in [2.05, 4.69) is 10.3 Å². The first kappa shape index (κ1) is 19.6. The maximum absolute atomic E-state index is 13.4. The van der Waals surface area contributed by atoms with E-state index in [1.807, 2.05) is 91.0 Å². The lowest BCUT2D eigenvalue weighted by atomic mass is 10.1. The van der Waals surface area contributed by atoms with Gasteiger partial charge in [-0.05, 0) is 40.8 Å². The van der Waals surface area contributed by atoms with Crippen molar-refractivity contribution >= 4 is 33.3 Å². The van der Waals surface area contributed by atoms with Gasteiger partial charge in [-0.2, -0.15) is 0 Å². The fraction of sp³-hybridized carbons (Fsp3) is 0.0357. The lowest BCUT2D eigenvalue weighted by Crippen LogP contribution is -2.14. The molecule has 4 aromatic carbocycles. The van der Waals surface area contributed by atoms with Crippen molar-refractivity contribution in [1.82, 2.24) is 4.98 Å². The number of nitrogens with one attached hydrogen (secondary N) is 1. The van der Waals surface area contributed by atoms with E-state index in [0.717, 1.165) is 22.1 Å². The third-order valence-electron chi connectivity index (χ3n) is 5.48. The van der Waals surface area contributed by atoms with Gasteiger partial charge in [0.1, 0.15) is 0 Å². The molecule has 0 radical (unpaired) electrons. The molecule has 0 fully saturated rings. The van der Waals surface area contributed by atoms with E-state index in [-0.39, 0.29) is 17.8 Å². The predicted octanol–water partition coefficient (Wildman–Crippen LogP) is 5.60. The van der Waals surface area contributed by atoms with E-state index in [0.29, 0.717) is 22.0 Å². The molecule has 0 unspecified atom stereocenters. The molecule has 0 atom stereocenters. The summed E-state index contributed by atoms with van der Waals surface area (Å²) in [7, 11) is 0. The van der Waals surface area contributed by atoms with Crippen molar-refractivity contribution in [2.24, 2.45) is 0 Å². The average Bonchev–Trinajstić information content (AvgIpc) is 2.96. The molecule has 5 rings (SSSR count). The smallest absolute Gasteiger partial charge is 0.228 e. The standard InChI is InChI=1S/C28H20N2O2/c31-27(15-19-7-3-1-4-8-19)30-23-13-11-21-12-14-26-25(28(32)24(21)17-23)16-22(18-29-26)20-9-5-2-6-10-20/h1-14,16-18H,15H2,(H,30,31). The molecule has 1 N–H and O–H groups in total. The highest BCUT2D eigenvalue weighted by molar-refractivity contribution is 5.98. The molecule has 4 nitrogen and oxygen atoms in total. The Labute approximate surface area is 185 Å². The van der Waals surface area contributed by atoms with Crippen molar-refractivity contribution < 1.29 is 4.79 Å². The zero-order valence-electron chi connectivity index (χ0n) is 17.3. The van der Waals surface area contributed by atoms with E-state index in [1.165, 1.54) is 0 Å². The number of aromatic nitrogens is 1. The molecule has 0 saturated heterocycles. The van der Waals surface area contributed by atoms with Crippen LogP contribution in [0.1, 0.15) is 5.56 Å². The second-order valence-electron chi connectivity index (χ2n) is 7.70. The molecule has 0 spiro atoms. The Hall–Kier alpha value is -4.31. The Morgan fingerprint density at radius 3 is 2.25 bits per heavy atom. The van der Waals surface area contributed by atoms with Crippen molar-refractivity contribution in [1.29, 1.82) is 0 Å². The van der Waals surface area contributed by atoms with Crippen LogP contribution < -0.4 is 10.7 Å². The third-order valence-corrected chi connectivity index (χ3v) is 5.48. The molecule has 0 saturated carbocycles. The van der Waals surface area contributed by atoms with Crippen LogP contribution in [0.3, 0.4) is 0 Å². The van der Waals surface area contributed by atoms with Crippen molar-refractivity contribution in [3.8, 4) is 11.1 Å². The number of pyridine rings is 1. The maximum atomic E-state index is 13.4. The van der Waals surface area contributed by atoms with Gasteiger partial charge in [-0.3, -0.25) is 14.6 Å². The number of amides is 1. The number of benzene rings is 3. The van der Waals surface area contributed by atoms with E-state index in [9.17, 15) is 9.59 Å². The monoisotopic (exact) mass is 416 g/mol. The highest BCUT2D eigenvalue weighted by atomic mass is 16.1. The van der Waals surface area contributed by atoms with Crippen LogP contribution in [0, 0.1) is 0 Å². The molecule has 0 aliphatic rings. The van der Waals surface area contributed by atoms with Gasteiger partial charge in [-0.25, -0.2) is 0 Å². The molecule has 4 heteroatoms. The zero-order chi connectivity index (χ0) is 21.9. The minimum Gasteiger partial charge on any atom is -0.326 e. The molecular formula is C28H20N2O2. The van der Waals surface area contributed by atoms with Crippen LogP contribution in [0.25, 0.3) is 32.8 Å². The third kappa shape index (κ3) is 3.98. The number of fused-ring (bicyclic) bond motifs is 2. The summed E-state index contributed by atoms with van der Waals surface area (Å²) in [5.74, 6) is -0.124. The summed E-state index contributed by atoms with van der Waals surface area (Å²) in [5.41, 5.74) is 3.96. The Balaban J connectivity index is 1.55. The van der Waals surface area contributed by atoms with Gasteiger partial charge in [-0.15, -0.1) is 0 Å². The fourth-order valence-corrected chi connectivity index (χ4v) is 3.85. The first-order valence-corrected chi connectivity index (χ1v) is 10.4. The molecular weight excluding hydrogens is 396 g/mol. The Morgan fingerprint density at radius 1 is 0.750 bits per heavy atom. The summed E-state index contributed by atoms with van der Waals surface area (Å²) in [5, 5.41) is 4.81. The van der Waals surface area contributed by atoms with Gasteiger partial charge in [0.05, 0.1) is 11.9 Å². The number of hydrogen-bond donors (Lipinski definition) is 1. The van der Waals surface area contributed by atoms with Crippen LogP contribution in [-0.4, -0.2) is 10.9 Å². The van der Waals surface area contributed by atoms with Crippen LogP contribution in [0.15, 0.2) is 108 Å². The van der Waals surface area contributed by atoms with Gasteiger partial charge in [0.25, 0.3) is 0 Å². The summed E-state index contributed by atoms with van der Waals surface area (Å²) >= 11 is 0. The summed E-state index contributed by atoms with van der Waals surface area (Å²) < 4.78 is 0. The zero-order valence-corrected chi connectivity index (χ0v) is 17.3. The molecule has 5 aromatic rings. The van der Waals surface area contributed by atoms with Gasteiger partial charge in [0.2, 0.25) is 5.91 Å². The topological polar surface area (TPSA) is 59.1 Å². The van der Waals surface area contributed by atoms with Crippen molar-refractivity contribution in [3.05, 3.63) is 119 Å². The number of carbonyl (C=O) groups is 1. The van der Waals surface area contributed by atoms with Gasteiger partial charge in [0, 0.05) is 28.2 Å². The van der Waals surface area contributed by atoms with Crippen LogP contribution in [0.4, 0.5) is 5.69 Å². The van der Waals surface area contributed by atoms with Crippen molar-refractivity contribution in [3.63, 3.8) is 0 Å². The van der Waals surface area contributed by atoms with Gasteiger partial charge < -0.3 is 5.32 Å². The second kappa shape index (κ2) is 8.44. The minimum absolute atomic E-state index is 0.107. The van der Waals surface area contributed by atoms with E-state index < -0.39 is 0 Å². The Kier molecular flexibility index (Phi) is 5.18. The van der Waals surface area contributed by atoms with Gasteiger partial charge in [0.15, 0.2) is 5.43 Å². The summed E-state index contributed by atoms with van der Waals surface area (Å²) in [6.07, 6.45) is 2.07. The van der Waals surface area contributed by atoms with Crippen molar-refractivity contribution in [2.45, 2.75) is 6.42 Å². The lowest BCUT2D eigenvalue weighted by molar-refractivity contribution is -0.115. The molecule has 0 aliphatic carbocycles. The van der Waals surface area contributed by atoms with E-state index >= 15 is 0 Å². The predicted molar refractivity (Wildman–Crippen MR) is 130 cm³/mol. The number of carbonyl (C=O) groups excluding carboxylic acids is 1. The van der Waals surface area contributed by atoms with Crippen molar-refractivity contribution in [2.75, 3.05) is 5.32 Å². The molecule has 1 heterocycles. The Morgan fingerprint density at radius 2 is 1.47 bits per heavy atom. The van der Waals surface area contributed by atoms with Crippen LogP contribution >= 0.6 is 0 Å². The van der Waals surface area contributed by atoms with E-state index in [4.69, 9.17) is 0 Å². The molecule has 1 amide bonds. The summed E-state index contributed by atoms with van der Waals surface area (Å²) in [4.78, 5) is 30.5. The average molecular weight is 416 g/mol. The lowest BCUT2D eigenvalue weighted by Gasteiger charge is -2.06. The second-order valence-corrected chi connectivity index (χ2v) is 7.70. The largest absolute Gasteiger partial charge is 0.326 e. The molecule has 0 aliphatic heterocycles. The first-order valence-electron chi connectivity index (χ1n) is 10.4. The molecule has 1 aromatic heterocycles. The molecule has 154 valence electrons. The summed E-state index contributed by atoms with van der Waals surface area (Å²) in [6.45, 7) is 0. The maximum Gasteiger partial charge on any atom is 0.228 e. The van der Waals surface area contributed by atoms with Gasteiger partial charge in [-0.1, -0.05) is 72.8 Å². The highest BCUT2D eigenvalue weighted by Crippen LogP contribution is 2.23. The summed E-state index contributed by atoms with van der Waals surface area (Å²) in [6, 6.07) is 30.5. The van der Waals surface area contributed by atoms with Gasteiger partial charge >= 0.3 is 0 Å². The van der Waals surface area contributed by atoms with Crippen LogP contribution in [0.2, 0.25) is 0 Å².